The standard InChI is InChI=1S/C17H17N3O2/c1-4-20-16-12(9-18-11(3)19-16)8-14(17(20)22)13-6-5-10(2)7-15(13)21/h5-9,21H,4H2,1-3H3. The van der Waals surface area contributed by atoms with Crippen molar-refractivity contribution in [1.29, 1.82) is 0 Å². The van der Waals surface area contributed by atoms with Gasteiger partial charge in [0.05, 0.1) is 5.56 Å². The molecule has 0 atom stereocenters. The first-order chi connectivity index (χ1) is 10.5. The monoisotopic (exact) mass is 295 g/mol. The molecule has 5 heteroatoms. The number of pyridine rings is 1. The van der Waals surface area contributed by atoms with E-state index in [1.54, 1.807) is 35.9 Å². The van der Waals surface area contributed by atoms with E-state index in [4.69, 9.17) is 0 Å². The van der Waals surface area contributed by atoms with Crippen LogP contribution in [0.3, 0.4) is 0 Å². The Kier molecular flexibility index (Phi) is 3.41. The first-order valence-electron chi connectivity index (χ1n) is 7.18. The number of fused-ring (bicyclic) bond motifs is 1. The van der Waals surface area contributed by atoms with E-state index in [2.05, 4.69) is 9.97 Å². The van der Waals surface area contributed by atoms with E-state index in [0.717, 1.165) is 10.9 Å². The molecule has 3 aromatic rings. The maximum absolute atomic E-state index is 12.8. The summed E-state index contributed by atoms with van der Waals surface area (Å²) in [6, 6.07) is 7.04. The quantitative estimate of drug-likeness (QED) is 0.789. The number of benzene rings is 1. The molecule has 0 bridgehead atoms. The molecule has 0 fully saturated rings. The van der Waals surface area contributed by atoms with Gasteiger partial charge in [-0.05, 0) is 38.5 Å². The number of hydrogen-bond donors (Lipinski definition) is 1. The summed E-state index contributed by atoms with van der Waals surface area (Å²) < 4.78 is 1.61. The Morgan fingerprint density at radius 1 is 1.18 bits per heavy atom. The molecule has 0 aliphatic heterocycles. The van der Waals surface area contributed by atoms with E-state index in [0.29, 0.717) is 29.1 Å². The highest BCUT2D eigenvalue weighted by Gasteiger charge is 2.14. The Labute approximate surface area is 127 Å². The minimum atomic E-state index is -0.160. The predicted molar refractivity (Wildman–Crippen MR) is 86.0 cm³/mol. The van der Waals surface area contributed by atoms with Crippen molar-refractivity contribution in [3.05, 3.63) is 52.2 Å². The number of hydrogen-bond acceptors (Lipinski definition) is 4. The minimum absolute atomic E-state index is 0.104. The lowest BCUT2D eigenvalue weighted by Crippen LogP contribution is -2.22. The van der Waals surface area contributed by atoms with Crippen LogP contribution in [0.25, 0.3) is 22.2 Å². The Morgan fingerprint density at radius 2 is 1.95 bits per heavy atom. The highest BCUT2D eigenvalue weighted by molar-refractivity contribution is 5.82. The van der Waals surface area contributed by atoms with Crippen LogP contribution in [-0.4, -0.2) is 19.6 Å². The van der Waals surface area contributed by atoms with Crippen LogP contribution in [0.1, 0.15) is 18.3 Å². The van der Waals surface area contributed by atoms with Gasteiger partial charge in [-0.2, -0.15) is 0 Å². The molecule has 1 aromatic carbocycles. The van der Waals surface area contributed by atoms with Crippen LogP contribution in [0.4, 0.5) is 0 Å². The van der Waals surface area contributed by atoms with Gasteiger partial charge in [0.25, 0.3) is 5.56 Å². The molecule has 0 saturated carbocycles. The Morgan fingerprint density at radius 3 is 2.64 bits per heavy atom. The molecule has 0 spiro atoms. The zero-order chi connectivity index (χ0) is 15.9. The topological polar surface area (TPSA) is 68.0 Å². The SMILES string of the molecule is CCn1c(=O)c(-c2ccc(C)cc2O)cc2cnc(C)nc21. The zero-order valence-corrected chi connectivity index (χ0v) is 12.8. The fraction of sp³-hybridized carbons (Fsp3) is 0.235. The van der Waals surface area contributed by atoms with Crippen molar-refractivity contribution in [2.45, 2.75) is 27.3 Å². The fourth-order valence-electron chi connectivity index (χ4n) is 2.60. The van der Waals surface area contributed by atoms with Gasteiger partial charge in [-0.3, -0.25) is 9.36 Å². The number of nitrogens with zero attached hydrogens (tertiary/aromatic N) is 3. The minimum Gasteiger partial charge on any atom is -0.507 e. The fourth-order valence-corrected chi connectivity index (χ4v) is 2.60. The lowest BCUT2D eigenvalue weighted by Gasteiger charge is -2.12. The lowest BCUT2D eigenvalue weighted by atomic mass is 10.0. The molecule has 0 aliphatic carbocycles. The summed E-state index contributed by atoms with van der Waals surface area (Å²) in [4.78, 5) is 21.3. The zero-order valence-electron chi connectivity index (χ0n) is 12.8. The molecule has 5 nitrogen and oxygen atoms in total. The summed E-state index contributed by atoms with van der Waals surface area (Å²) in [7, 11) is 0. The Hall–Kier alpha value is -2.69. The van der Waals surface area contributed by atoms with Crippen molar-refractivity contribution in [3.63, 3.8) is 0 Å². The van der Waals surface area contributed by atoms with E-state index in [1.807, 2.05) is 19.9 Å². The molecule has 1 N–H and O–H groups in total. The maximum Gasteiger partial charge on any atom is 0.260 e. The molecule has 2 aromatic heterocycles. The molecular weight excluding hydrogens is 278 g/mol. The summed E-state index contributed by atoms with van der Waals surface area (Å²) in [5.74, 6) is 0.729. The Bertz CT molecular complexity index is 929. The molecule has 0 unspecified atom stereocenters. The summed E-state index contributed by atoms with van der Waals surface area (Å²) in [6.45, 7) is 6.10. The number of aromatic hydroxyl groups is 1. The van der Waals surface area contributed by atoms with E-state index in [-0.39, 0.29) is 11.3 Å². The van der Waals surface area contributed by atoms with Crippen molar-refractivity contribution in [2.75, 3.05) is 0 Å². The van der Waals surface area contributed by atoms with Gasteiger partial charge in [0.15, 0.2) is 0 Å². The highest BCUT2D eigenvalue weighted by Crippen LogP contribution is 2.29. The maximum atomic E-state index is 12.8. The van der Waals surface area contributed by atoms with Crippen LogP contribution >= 0.6 is 0 Å². The molecule has 0 radical (unpaired) electrons. The molecular formula is C17H17N3O2. The van der Waals surface area contributed by atoms with Gasteiger partial charge in [0, 0.05) is 23.7 Å². The van der Waals surface area contributed by atoms with Gasteiger partial charge in [-0.15, -0.1) is 0 Å². The van der Waals surface area contributed by atoms with E-state index < -0.39 is 0 Å². The molecule has 22 heavy (non-hydrogen) atoms. The second-order valence-electron chi connectivity index (χ2n) is 5.32. The van der Waals surface area contributed by atoms with Crippen molar-refractivity contribution >= 4 is 11.0 Å². The number of rotatable bonds is 2. The van der Waals surface area contributed by atoms with Gasteiger partial charge in [-0.1, -0.05) is 12.1 Å². The first kappa shape index (κ1) is 14.3. The second kappa shape index (κ2) is 5.26. The van der Waals surface area contributed by atoms with E-state index in [1.165, 1.54) is 0 Å². The number of phenolic OH excluding ortho intramolecular Hbond substituents is 1. The molecule has 0 aliphatic rings. The van der Waals surface area contributed by atoms with Crippen LogP contribution in [-0.2, 0) is 6.54 Å². The molecule has 112 valence electrons. The first-order valence-corrected chi connectivity index (χ1v) is 7.18. The molecule has 3 rings (SSSR count). The van der Waals surface area contributed by atoms with Gasteiger partial charge >= 0.3 is 0 Å². The van der Waals surface area contributed by atoms with Gasteiger partial charge in [0.1, 0.15) is 17.2 Å². The molecule has 0 saturated heterocycles. The smallest absolute Gasteiger partial charge is 0.260 e. The number of aromatic nitrogens is 3. The summed E-state index contributed by atoms with van der Waals surface area (Å²) in [5, 5.41) is 10.9. The van der Waals surface area contributed by atoms with Gasteiger partial charge in [0.2, 0.25) is 0 Å². The van der Waals surface area contributed by atoms with Gasteiger partial charge in [-0.25, -0.2) is 9.97 Å². The van der Waals surface area contributed by atoms with Crippen molar-refractivity contribution in [1.82, 2.24) is 14.5 Å². The summed E-state index contributed by atoms with van der Waals surface area (Å²) in [6.07, 6.45) is 1.71. The Balaban J connectivity index is 2.38. The van der Waals surface area contributed by atoms with Crippen molar-refractivity contribution in [3.8, 4) is 16.9 Å². The normalized spacial score (nSPS) is 11.0. The largest absolute Gasteiger partial charge is 0.507 e. The highest BCUT2D eigenvalue weighted by atomic mass is 16.3. The van der Waals surface area contributed by atoms with Gasteiger partial charge < -0.3 is 5.11 Å². The van der Waals surface area contributed by atoms with E-state index >= 15 is 0 Å². The molecule has 0 amide bonds. The van der Waals surface area contributed by atoms with Crippen LogP contribution in [0, 0.1) is 13.8 Å². The second-order valence-corrected chi connectivity index (χ2v) is 5.32. The third-order valence-corrected chi connectivity index (χ3v) is 3.71. The van der Waals surface area contributed by atoms with Crippen LogP contribution in [0.2, 0.25) is 0 Å². The third-order valence-electron chi connectivity index (χ3n) is 3.71. The average Bonchev–Trinajstić information content (AvgIpc) is 2.47. The van der Waals surface area contributed by atoms with Crippen LogP contribution in [0.15, 0.2) is 35.3 Å². The van der Waals surface area contributed by atoms with Crippen molar-refractivity contribution < 1.29 is 5.11 Å². The number of phenols is 1. The van der Waals surface area contributed by atoms with Crippen LogP contribution < -0.4 is 5.56 Å². The van der Waals surface area contributed by atoms with Crippen molar-refractivity contribution in [2.24, 2.45) is 0 Å². The van der Waals surface area contributed by atoms with Crippen LogP contribution in [0.5, 0.6) is 5.75 Å². The predicted octanol–water partition coefficient (Wildman–Crippen LogP) is 2.80. The summed E-state index contributed by atoms with van der Waals surface area (Å²) in [5.41, 5.74) is 2.39. The average molecular weight is 295 g/mol. The lowest BCUT2D eigenvalue weighted by molar-refractivity contribution is 0.477. The molecule has 2 heterocycles. The summed E-state index contributed by atoms with van der Waals surface area (Å²) >= 11 is 0. The third kappa shape index (κ3) is 2.24. The van der Waals surface area contributed by atoms with E-state index in [9.17, 15) is 9.90 Å². The number of aryl methyl sites for hydroxylation is 3.